The summed E-state index contributed by atoms with van der Waals surface area (Å²) >= 11 is 6.07. The van der Waals surface area contributed by atoms with Crippen LogP contribution in [0.4, 0.5) is 5.69 Å². The smallest absolute Gasteiger partial charge is 0.255 e. The van der Waals surface area contributed by atoms with Gasteiger partial charge in [-0.25, -0.2) is 13.1 Å². The third kappa shape index (κ3) is 5.37. The molecule has 0 saturated carbocycles. The predicted molar refractivity (Wildman–Crippen MR) is 109 cm³/mol. The third-order valence-electron chi connectivity index (χ3n) is 3.95. The molecule has 152 valence electrons. The van der Waals surface area contributed by atoms with Gasteiger partial charge in [-0.05, 0) is 24.6 Å². The van der Waals surface area contributed by atoms with Gasteiger partial charge in [0.2, 0.25) is 10.0 Å². The average molecular weight is 427 g/mol. The van der Waals surface area contributed by atoms with Crippen LogP contribution in [0, 0.1) is 0 Å². The number of anilines is 1. The summed E-state index contributed by atoms with van der Waals surface area (Å²) in [5, 5.41) is 3.03. The normalized spacial score (nSPS) is 11.1. The van der Waals surface area contributed by atoms with Crippen molar-refractivity contribution >= 4 is 33.2 Å². The largest absolute Gasteiger partial charge is 0.495 e. The Balaban J connectivity index is 2.26. The Bertz CT molecular complexity index is 947. The molecule has 2 N–H and O–H groups in total. The molecule has 0 bridgehead atoms. The zero-order chi connectivity index (χ0) is 20.7. The number of carbonyl (C=O) groups is 1. The van der Waals surface area contributed by atoms with Crippen molar-refractivity contribution in [3.63, 3.8) is 0 Å². The maximum atomic E-state index is 12.7. The number of halogens is 1. The van der Waals surface area contributed by atoms with Gasteiger partial charge in [-0.2, -0.15) is 0 Å². The molecular formula is C19H23ClN2O5S. The second kappa shape index (κ2) is 9.77. The molecule has 0 saturated heterocycles. The fraction of sp³-hybridized carbons (Fsp3) is 0.316. The van der Waals surface area contributed by atoms with Crippen LogP contribution in [-0.4, -0.2) is 35.1 Å². The molecule has 0 aliphatic heterocycles. The number of hydrogen-bond acceptors (Lipinski definition) is 5. The topological polar surface area (TPSA) is 93.7 Å². The van der Waals surface area contributed by atoms with Crippen LogP contribution in [-0.2, 0) is 10.0 Å². The van der Waals surface area contributed by atoms with Gasteiger partial charge in [-0.1, -0.05) is 31.0 Å². The molecule has 9 heteroatoms. The second-order valence-electron chi connectivity index (χ2n) is 5.92. The van der Waals surface area contributed by atoms with E-state index in [9.17, 15) is 13.2 Å². The first-order valence-electron chi connectivity index (χ1n) is 8.65. The van der Waals surface area contributed by atoms with Gasteiger partial charge in [0.25, 0.3) is 5.91 Å². The van der Waals surface area contributed by atoms with E-state index < -0.39 is 15.9 Å². The van der Waals surface area contributed by atoms with E-state index in [4.69, 9.17) is 21.1 Å². The first-order valence-corrected chi connectivity index (χ1v) is 10.5. The molecule has 0 radical (unpaired) electrons. The maximum absolute atomic E-state index is 12.7. The lowest BCUT2D eigenvalue weighted by Gasteiger charge is -2.13. The Morgan fingerprint density at radius 2 is 1.82 bits per heavy atom. The van der Waals surface area contributed by atoms with Gasteiger partial charge >= 0.3 is 0 Å². The molecule has 0 heterocycles. The summed E-state index contributed by atoms with van der Waals surface area (Å²) in [5.74, 6) is 0.228. The Hall–Kier alpha value is -2.29. The number of ether oxygens (including phenoxy) is 2. The minimum Gasteiger partial charge on any atom is -0.495 e. The summed E-state index contributed by atoms with van der Waals surface area (Å²) in [6.07, 6.45) is 1.61. The molecule has 0 fully saturated rings. The number of nitrogens with one attached hydrogen (secondary N) is 2. The molecule has 0 aliphatic rings. The van der Waals surface area contributed by atoms with Crippen LogP contribution >= 0.6 is 11.6 Å². The van der Waals surface area contributed by atoms with E-state index in [2.05, 4.69) is 10.0 Å². The highest BCUT2D eigenvalue weighted by Crippen LogP contribution is 2.36. The highest BCUT2D eigenvalue weighted by molar-refractivity contribution is 7.89. The van der Waals surface area contributed by atoms with Gasteiger partial charge in [0.15, 0.2) is 0 Å². The summed E-state index contributed by atoms with van der Waals surface area (Å²) < 4.78 is 37.6. The van der Waals surface area contributed by atoms with Crippen LogP contribution in [0.5, 0.6) is 11.5 Å². The third-order valence-corrected chi connectivity index (χ3v) is 5.71. The van der Waals surface area contributed by atoms with E-state index in [1.807, 2.05) is 6.92 Å². The number of methoxy groups -OCH3 is 2. The van der Waals surface area contributed by atoms with Crippen molar-refractivity contribution in [2.75, 3.05) is 26.1 Å². The number of amides is 1. The van der Waals surface area contributed by atoms with Crippen molar-refractivity contribution in [3.05, 3.63) is 47.0 Å². The molecule has 0 aliphatic carbocycles. The quantitative estimate of drug-likeness (QED) is 0.596. The molecule has 0 unspecified atom stereocenters. The molecule has 28 heavy (non-hydrogen) atoms. The Kier molecular flexibility index (Phi) is 7.68. The fourth-order valence-electron chi connectivity index (χ4n) is 2.42. The predicted octanol–water partition coefficient (Wildman–Crippen LogP) is 3.69. The highest BCUT2D eigenvalue weighted by Gasteiger charge is 2.17. The molecule has 0 spiro atoms. The van der Waals surface area contributed by atoms with Crippen LogP contribution in [0.3, 0.4) is 0 Å². The molecule has 0 atom stereocenters. The van der Waals surface area contributed by atoms with Crippen molar-refractivity contribution in [2.24, 2.45) is 0 Å². The molecule has 7 nitrogen and oxygen atoms in total. The van der Waals surface area contributed by atoms with Gasteiger partial charge in [0.05, 0.1) is 29.8 Å². The van der Waals surface area contributed by atoms with E-state index in [1.54, 1.807) is 0 Å². The van der Waals surface area contributed by atoms with E-state index in [-0.39, 0.29) is 10.5 Å². The zero-order valence-corrected chi connectivity index (χ0v) is 17.5. The number of sulfonamides is 1. The van der Waals surface area contributed by atoms with Crippen LogP contribution < -0.4 is 19.5 Å². The van der Waals surface area contributed by atoms with E-state index in [0.29, 0.717) is 28.8 Å². The fourth-order valence-corrected chi connectivity index (χ4v) is 3.77. The first kappa shape index (κ1) is 22.0. The summed E-state index contributed by atoms with van der Waals surface area (Å²) in [6.45, 7) is 2.32. The number of unbranched alkanes of at least 4 members (excludes halogenated alkanes) is 1. The number of benzene rings is 2. The van der Waals surface area contributed by atoms with E-state index in [1.165, 1.54) is 50.6 Å². The lowest BCUT2D eigenvalue weighted by atomic mass is 10.2. The van der Waals surface area contributed by atoms with Crippen LogP contribution in [0.25, 0.3) is 0 Å². The Labute approximate surface area is 170 Å². The summed E-state index contributed by atoms with van der Waals surface area (Å²) in [6, 6.07) is 8.86. The number of hydrogen-bond donors (Lipinski definition) is 2. The van der Waals surface area contributed by atoms with Crippen LogP contribution in [0.1, 0.15) is 30.1 Å². The lowest BCUT2D eigenvalue weighted by Crippen LogP contribution is -2.25. The molecule has 2 aromatic carbocycles. The van der Waals surface area contributed by atoms with Gasteiger partial charge < -0.3 is 14.8 Å². The summed E-state index contributed by atoms with van der Waals surface area (Å²) in [4.78, 5) is 12.7. The SMILES string of the molecule is CCCCNS(=O)(=O)c1cccc(C(=O)Nc2cc(OC)c(Cl)cc2OC)c1. The molecule has 1 amide bonds. The number of carbonyl (C=O) groups excluding carboxylic acids is 1. The van der Waals surface area contributed by atoms with E-state index >= 15 is 0 Å². The van der Waals surface area contributed by atoms with Gasteiger partial charge in [-0.3, -0.25) is 4.79 Å². The maximum Gasteiger partial charge on any atom is 0.255 e. The zero-order valence-electron chi connectivity index (χ0n) is 15.9. The highest BCUT2D eigenvalue weighted by atomic mass is 35.5. The molecule has 2 rings (SSSR count). The van der Waals surface area contributed by atoms with Crippen LogP contribution in [0.2, 0.25) is 5.02 Å². The standard InChI is InChI=1S/C19H23ClN2O5S/c1-4-5-9-21-28(24,25)14-8-6-7-13(10-14)19(23)22-16-12-17(26-2)15(20)11-18(16)27-3/h6-8,10-12,21H,4-5,9H2,1-3H3,(H,22,23). The first-order chi connectivity index (χ1) is 13.3. The van der Waals surface area contributed by atoms with Crippen LogP contribution in [0.15, 0.2) is 41.3 Å². The molecule has 0 aromatic heterocycles. The second-order valence-corrected chi connectivity index (χ2v) is 8.09. The minimum absolute atomic E-state index is 0.0249. The molecule has 2 aromatic rings. The van der Waals surface area contributed by atoms with Crippen molar-refractivity contribution in [3.8, 4) is 11.5 Å². The summed E-state index contributed by atoms with van der Waals surface area (Å²) in [7, 11) is -0.778. The monoisotopic (exact) mass is 426 g/mol. The summed E-state index contributed by atoms with van der Waals surface area (Å²) in [5.41, 5.74) is 0.539. The average Bonchev–Trinajstić information content (AvgIpc) is 2.69. The van der Waals surface area contributed by atoms with Crippen molar-refractivity contribution in [2.45, 2.75) is 24.7 Å². The van der Waals surface area contributed by atoms with Gasteiger partial charge in [0, 0.05) is 24.2 Å². The Morgan fingerprint density at radius 3 is 2.46 bits per heavy atom. The van der Waals surface area contributed by atoms with E-state index in [0.717, 1.165) is 12.8 Å². The lowest BCUT2D eigenvalue weighted by molar-refractivity contribution is 0.102. The van der Waals surface area contributed by atoms with Crippen molar-refractivity contribution in [1.82, 2.24) is 4.72 Å². The number of rotatable bonds is 9. The molecular weight excluding hydrogens is 404 g/mol. The Morgan fingerprint density at radius 1 is 1.11 bits per heavy atom. The minimum atomic E-state index is -3.68. The van der Waals surface area contributed by atoms with Gasteiger partial charge in [0.1, 0.15) is 11.5 Å². The van der Waals surface area contributed by atoms with Crippen molar-refractivity contribution in [1.29, 1.82) is 0 Å². The van der Waals surface area contributed by atoms with Gasteiger partial charge in [-0.15, -0.1) is 0 Å². The van der Waals surface area contributed by atoms with Crippen molar-refractivity contribution < 1.29 is 22.7 Å².